The van der Waals surface area contributed by atoms with Gasteiger partial charge in [0.2, 0.25) is 0 Å². The van der Waals surface area contributed by atoms with Gasteiger partial charge in [0.1, 0.15) is 5.76 Å². The van der Waals surface area contributed by atoms with Gasteiger partial charge in [0.15, 0.2) is 0 Å². The van der Waals surface area contributed by atoms with Crippen LogP contribution in [0.2, 0.25) is 0 Å². The maximum absolute atomic E-state index is 5.65. The maximum Gasteiger partial charge on any atom is 0.125 e. The van der Waals surface area contributed by atoms with Gasteiger partial charge in [-0.1, -0.05) is 45.0 Å². The van der Waals surface area contributed by atoms with Crippen LogP contribution in [-0.2, 0) is 12.0 Å². The lowest BCUT2D eigenvalue weighted by Gasteiger charge is -2.23. The minimum absolute atomic E-state index is 0.241. The quantitative estimate of drug-likeness (QED) is 0.817. The normalized spacial score (nSPS) is 15.4. The summed E-state index contributed by atoms with van der Waals surface area (Å²) in [7, 11) is 0. The molecule has 1 N–H and O–H groups in total. The van der Waals surface area contributed by atoms with Gasteiger partial charge >= 0.3 is 0 Å². The molecular formula is C19H25NO. The van der Waals surface area contributed by atoms with E-state index in [0.29, 0.717) is 6.04 Å². The largest absolute Gasteiger partial charge is 0.467 e. The summed E-state index contributed by atoms with van der Waals surface area (Å²) in [6, 6.07) is 11.7. The van der Waals surface area contributed by atoms with E-state index in [2.05, 4.69) is 56.4 Å². The molecule has 21 heavy (non-hydrogen) atoms. The highest BCUT2D eigenvalue weighted by Gasteiger charge is 2.22. The van der Waals surface area contributed by atoms with Crippen molar-refractivity contribution < 1.29 is 4.42 Å². The number of rotatable bonds is 6. The van der Waals surface area contributed by atoms with E-state index in [-0.39, 0.29) is 5.41 Å². The second-order valence-electron chi connectivity index (χ2n) is 6.73. The molecule has 0 aliphatic heterocycles. The van der Waals surface area contributed by atoms with Crippen molar-refractivity contribution in [2.24, 2.45) is 0 Å². The molecule has 2 aromatic rings. The Kier molecular flexibility index (Phi) is 3.90. The average Bonchev–Trinajstić information content (AvgIpc) is 3.22. The van der Waals surface area contributed by atoms with E-state index < -0.39 is 0 Å². The summed E-state index contributed by atoms with van der Waals surface area (Å²) in [6.45, 7) is 7.66. The molecule has 0 spiro atoms. The van der Waals surface area contributed by atoms with E-state index in [1.165, 1.54) is 29.5 Å². The lowest BCUT2D eigenvalue weighted by Crippen LogP contribution is -2.15. The van der Waals surface area contributed by atoms with E-state index in [0.717, 1.165) is 18.7 Å². The minimum Gasteiger partial charge on any atom is -0.467 e. The molecule has 1 aliphatic carbocycles. The Balaban J connectivity index is 1.79. The Bertz CT molecular complexity index is 590. The van der Waals surface area contributed by atoms with Crippen LogP contribution in [0.3, 0.4) is 0 Å². The number of benzene rings is 1. The summed E-state index contributed by atoms with van der Waals surface area (Å²) in [6.07, 6.45) is 5.55. The third-order valence-corrected chi connectivity index (χ3v) is 4.74. The molecule has 1 heterocycles. The van der Waals surface area contributed by atoms with Crippen LogP contribution in [0.25, 0.3) is 11.1 Å². The molecule has 0 atom stereocenters. The smallest absolute Gasteiger partial charge is 0.125 e. The SMILES string of the molecule is CCC(C)(C)c1ccc(-c2ccoc2CNC2CC2)cc1. The molecule has 1 saturated carbocycles. The molecule has 2 nitrogen and oxygen atoms in total. The molecule has 112 valence electrons. The van der Waals surface area contributed by atoms with Gasteiger partial charge in [0.25, 0.3) is 0 Å². The summed E-state index contributed by atoms with van der Waals surface area (Å²) in [5.41, 5.74) is 4.09. The van der Waals surface area contributed by atoms with Crippen molar-refractivity contribution in [2.75, 3.05) is 0 Å². The second kappa shape index (κ2) is 5.69. The monoisotopic (exact) mass is 283 g/mol. The molecule has 1 aliphatic rings. The van der Waals surface area contributed by atoms with Crippen molar-refractivity contribution in [2.45, 2.75) is 58.0 Å². The molecule has 0 unspecified atom stereocenters. The number of nitrogens with one attached hydrogen (secondary N) is 1. The van der Waals surface area contributed by atoms with Crippen molar-refractivity contribution in [3.05, 3.63) is 47.9 Å². The zero-order valence-corrected chi connectivity index (χ0v) is 13.3. The van der Waals surface area contributed by atoms with E-state index in [1.807, 2.05) is 0 Å². The topological polar surface area (TPSA) is 25.2 Å². The first-order valence-corrected chi connectivity index (χ1v) is 8.01. The summed E-state index contributed by atoms with van der Waals surface area (Å²) < 4.78 is 5.65. The lowest BCUT2D eigenvalue weighted by atomic mass is 9.82. The first-order valence-electron chi connectivity index (χ1n) is 8.01. The molecule has 0 bridgehead atoms. The van der Waals surface area contributed by atoms with Gasteiger partial charge in [0, 0.05) is 11.6 Å². The van der Waals surface area contributed by atoms with Gasteiger partial charge < -0.3 is 9.73 Å². The third kappa shape index (κ3) is 3.21. The second-order valence-corrected chi connectivity index (χ2v) is 6.73. The van der Waals surface area contributed by atoms with Gasteiger partial charge in [-0.2, -0.15) is 0 Å². The molecule has 1 fully saturated rings. The molecule has 0 radical (unpaired) electrons. The molecule has 0 saturated heterocycles. The van der Waals surface area contributed by atoms with Crippen LogP contribution < -0.4 is 5.32 Å². The zero-order valence-electron chi connectivity index (χ0n) is 13.3. The van der Waals surface area contributed by atoms with Crippen LogP contribution in [0.1, 0.15) is 51.4 Å². The summed E-state index contributed by atoms with van der Waals surface area (Å²) in [5, 5.41) is 3.52. The minimum atomic E-state index is 0.241. The average molecular weight is 283 g/mol. The molecule has 0 amide bonds. The maximum atomic E-state index is 5.65. The van der Waals surface area contributed by atoms with Crippen LogP contribution in [0, 0.1) is 0 Å². The third-order valence-electron chi connectivity index (χ3n) is 4.74. The van der Waals surface area contributed by atoms with Gasteiger partial charge in [-0.05, 0) is 41.9 Å². The van der Waals surface area contributed by atoms with Crippen molar-refractivity contribution in [1.29, 1.82) is 0 Å². The van der Waals surface area contributed by atoms with Crippen LogP contribution >= 0.6 is 0 Å². The Morgan fingerprint density at radius 2 is 1.86 bits per heavy atom. The summed E-state index contributed by atoms with van der Waals surface area (Å²) >= 11 is 0. The number of hydrogen-bond acceptors (Lipinski definition) is 2. The van der Waals surface area contributed by atoms with E-state index in [4.69, 9.17) is 4.42 Å². The fourth-order valence-electron chi connectivity index (χ4n) is 2.56. The van der Waals surface area contributed by atoms with Crippen molar-refractivity contribution >= 4 is 0 Å². The highest BCUT2D eigenvalue weighted by atomic mass is 16.3. The number of hydrogen-bond donors (Lipinski definition) is 1. The molecule has 1 aromatic heterocycles. The predicted molar refractivity (Wildman–Crippen MR) is 87.3 cm³/mol. The Morgan fingerprint density at radius 3 is 2.48 bits per heavy atom. The van der Waals surface area contributed by atoms with E-state index in [9.17, 15) is 0 Å². The first-order chi connectivity index (χ1) is 10.1. The lowest BCUT2D eigenvalue weighted by molar-refractivity contribution is 0.483. The molecular weight excluding hydrogens is 258 g/mol. The van der Waals surface area contributed by atoms with E-state index >= 15 is 0 Å². The van der Waals surface area contributed by atoms with Gasteiger partial charge in [0.05, 0.1) is 12.8 Å². The number of furan rings is 1. The van der Waals surface area contributed by atoms with Crippen LogP contribution in [0.5, 0.6) is 0 Å². The van der Waals surface area contributed by atoms with Crippen molar-refractivity contribution in [3.8, 4) is 11.1 Å². The van der Waals surface area contributed by atoms with E-state index in [1.54, 1.807) is 6.26 Å². The molecule has 3 rings (SSSR count). The standard InChI is InChI=1S/C19H25NO/c1-4-19(2,3)15-7-5-14(6-8-15)17-11-12-21-18(17)13-20-16-9-10-16/h5-8,11-12,16,20H,4,9-10,13H2,1-3H3. The Labute approximate surface area is 127 Å². The fourth-order valence-corrected chi connectivity index (χ4v) is 2.56. The van der Waals surface area contributed by atoms with Crippen LogP contribution in [0.4, 0.5) is 0 Å². The molecule has 2 heteroatoms. The summed E-state index contributed by atoms with van der Waals surface area (Å²) in [5.74, 6) is 1.05. The van der Waals surface area contributed by atoms with Gasteiger partial charge in [-0.25, -0.2) is 0 Å². The fraction of sp³-hybridized carbons (Fsp3) is 0.474. The molecule has 1 aromatic carbocycles. The summed E-state index contributed by atoms with van der Waals surface area (Å²) in [4.78, 5) is 0. The van der Waals surface area contributed by atoms with Gasteiger partial charge in [-0.15, -0.1) is 0 Å². The highest BCUT2D eigenvalue weighted by molar-refractivity contribution is 5.65. The predicted octanol–water partition coefficient (Wildman–Crippen LogP) is 4.89. The van der Waals surface area contributed by atoms with Gasteiger partial charge in [-0.3, -0.25) is 0 Å². The Morgan fingerprint density at radius 1 is 1.14 bits per heavy atom. The van der Waals surface area contributed by atoms with Crippen LogP contribution in [0.15, 0.2) is 41.0 Å². The van der Waals surface area contributed by atoms with Crippen molar-refractivity contribution in [1.82, 2.24) is 5.32 Å². The van der Waals surface area contributed by atoms with Crippen LogP contribution in [-0.4, -0.2) is 6.04 Å². The highest BCUT2D eigenvalue weighted by Crippen LogP contribution is 2.31. The Hall–Kier alpha value is -1.54. The zero-order chi connectivity index (χ0) is 14.9. The first kappa shape index (κ1) is 14.4. The van der Waals surface area contributed by atoms with Crippen molar-refractivity contribution in [3.63, 3.8) is 0 Å².